The third kappa shape index (κ3) is 1.25. The highest BCUT2D eigenvalue weighted by Crippen LogP contribution is 2.23. The molecule has 2 aromatic rings. The number of para-hydroxylation sites is 1. The maximum atomic E-state index is 9.22. The van der Waals surface area contributed by atoms with E-state index >= 15 is 0 Å². The number of aliphatic hydroxyl groups excluding tert-OH is 1. The lowest BCUT2D eigenvalue weighted by Gasteiger charge is -1.93. The molecular formula is C9H10N2O2. The molecule has 0 fully saturated rings. The topological polar surface area (TPSA) is 72.3 Å². The Bertz CT molecular complexity index is 434. The quantitative estimate of drug-likeness (QED) is 0.648. The summed E-state index contributed by atoms with van der Waals surface area (Å²) >= 11 is 0. The van der Waals surface area contributed by atoms with Crippen molar-refractivity contribution in [2.75, 3.05) is 5.73 Å². The van der Waals surface area contributed by atoms with Crippen molar-refractivity contribution in [3.05, 3.63) is 24.1 Å². The second-order valence-corrected chi connectivity index (χ2v) is 2.92. The molecule has 2 rings (SSSR count). The van der Waals surface area contributed by atoms with Gasteiger partial charge in [-0.1, -0.05) is 6.07 Å². The first-order valence-electron chi connectivity index (χ1n) is 4.01. The van der Waals surface area contributed by atoms with E-state index in [0.29, 0.717) is 22.7 Å². The van der Waals surface area contributed by atoms with E-state index in [1.807, 2.05) is 0 Å². The van der Waals surface area contributed by atoms with Crippen LogP contribution in [0.25, 0.3) is 11.1 Å². The number of aliphatic hydroxyl groups is 1. The highest BCUT2D eigenvalue weighted by atomic mass is 16.4. The summed E-state index contributed by atoms with van der Waals surface area (Å²) in [4.78, 5) is 4.07. The standard InChI is InChI=1S/C9H10N2O2/c1-5(12)9-11-8-6(10)3-2-4-7(8)13-9/h2-5,12H,10H2,1H3. The zero-order chi connectivity index (χ0) is 9.42. The Morgan fingerprint density at radius 3 is 2.92 bits per heavy atom. The van der Waals surface area contributed by atoms with Crippen molar-refractivity contribution in [3.8, 4) is 0 Å². The van der Waals surface area contributed by atoms with Gasteiger partial charge in [0.15, 0.2) is 5.58 Å². The van der Waals surface area contributed by atoms with E-state index in [2.05, 4.69) is 4.98 Å². The molecule has 4 nitrogen and oxygen atoms in total. The number of nitrogens with zero attached hydrogens (tertiary/aromatic N) is 1. The molecule has 0 aliphatic heterocycles. The molecule has 0 bridgehead atoms. The SMILES string of the molecule is CC(O)c1nc2c(N)cccc2o1. The van der Waals surface area contributed by atoms with Gasteiger partial charge in [0.25, 0.3) is 0 Å². The Labute approximate surface area is 75.0 Å². The number of rotatable bonds is 1. The van der Waals surface area contributed by atoms with Crippen LogP contribution in [-0.4, -0.2) is 10.1 Å². The molecule has 4 heteroatoms. The zero-order valence-electron chi connectivity index (χ0n) is 7.19. The Hall–Kier alpha value is -1.55. The van der Waals surface area contributed by atoms with Crippen LogP contribution in [0.2, 0.25) is 0 Å². The lowest BCUT2D eigenvalue weighted by molar-refractivity contribution is 0.165. The van der Waals surface area contributed by atoms with Crippen LogP contribution in [0.15, 0.2) is 22.6 Å². The number of hydrogen-bond donors (Lipinski definition) is 2. The summed E-state index contributed by atoms with van der Waals surface area (Å²) in [5, 5.41) is 9.22. The zero-order valence-corrected chi connectivity index (χ0v) is 7.19. The Kier molecular flexibility index (Phi) is 1.70. The monoisotopic (exact) mass is 178 g/mol. The minimum Gasteiger partial charge on any atom is -0.438 e. The van der Waals surface area contributed by atoms with Crippen LogP contribution >= 0.6 is 0 Å². The van der Waals surface area contributed by atoms with Crippen molar-refractivity contribution in [1.29, 1.82) is 0 Å². The summed E-state index contributed by atoms with van der Waals surface area (Å²) < 4.78 is 5.27. The maximum Gasteiger partial charge on any atom is 0.224 e. The summed E-state index contributed by atoms with van der Waals surface area (Å²) in [6.07, 6.45) is -0.702. The fraction of sp³-hybridized carbons (Fsp3) is 0.222. The number of nitrogens with two attached hydrogens (primary N) is 1. The van der Waals surface area contributed by atoms with Gasteiger partial charge in [-0.2, -0.15) is 0 Å². The molecule has 0 spiro atoms. The molecular weight excluding hydrogens is 168 g/mol. The van der Waals surface area contributed by atoms with Crippen molar-refractivity contribution in [2.24, 2.45) is 0 Å². The van der Waals surface area contributed by atoms with E-state index in [1.54, 1.807) is 25.1 Å². The molecule has 1 aromatic heterocycles. The fourth-order valence-corrected chi connectivity index (χ4v) is 1.17. The van der Waals surface area contributed by atoms with Gasteiger partial charge in [0.1, 0.15) is 11.6 Å². The molecule has 0 saturated carbocycles. The molecule has 0 aliphatic carbocycles. The van der Waals surface area contributed by atoms with E-state index in [9.17, 15) is 5.11 Å². The lowest BCUT2D eigenvalue weighted by Crippen LogP contribution is -1.90. The average Bonchev–Trinajstić information content (AvgIpc) is 2.49. The van der Waals surface area contributed by atoms with E-state index in [0.717, 1.165) is 0 Å². The van der Waals surface area contributed by atoms with Crippen molar-refractivity contribution >= 4 is 16.8 Å². The molecule has 0 saturated heterocycles. The summed E-state index contributed by atoms with van der Waals surface area (Å²) in [6, 6.07) is 5.30. The molecule has 68 valence electrons. The van der Waals surface area contributed by atoms with Gasteiger partial charge in [-0.25, -0.2) is 4.98 Å². The number of fused-ring (bicyclic) bond motifs is 1. The normalized spacial score (nSPS) is 13.4. The van der Waals surface area contributed by atoms with Crippen LogP contribution in [0, 0.1) is 0 Å². The minimum atomic E-state index is -0.702. The van der Waals surface area contributed by atoms with Gasteiger partial charge >= 0.3 is 0 Å². The van der Waals surface area contributed by atoms with Crippen molar-refractivity contribution in [2.45, 2.75) is 13.0 Å². The average molecular weight is 178 g/mol. The predicted molar refractivity (Wildman–Crippen MR) is 49.1 cm³/mol. The molecule has 0 aliphatic rings. The predicted octanol–water partition coefficient (Wildman–Crippen LogP) is 1.46. The highest BCUT2D eigenvalue weighted by molar-refractivity contribution is 5.85. The molecule has 0 radical (unpaired) electrons. The highest BCUT2D eigenvalue weighted by Gasteiger charge is 2.11. The third-order valence-corrected chi connectivity index (χ3v) is 1.82. The van der Waals surface area contributed by atoms with E-state index in [4.69, 9.17) is 10.2 Å². The number of nitrogen functional groups attached to an aromatic ring is 1. The van der Waals surface area contributed by atoms with Crippen LogP contribution < -0.4 is 5.73 Å². The summed E-state index contributed by atoms with van der Waals surface area (Å²) in [6.45, 7) is 1.60. The van der Waals surface area contributed by atoms with Crippen LogP contribution in [0.3, 0.4) is 0 Å². The first-order valence-corrected chi connectivity index (χ1v) is 4.01. The fourth-order valence-electron chi connectivity index (χ4n) is 1.17. The van der Waals surface area contributed by atoms with E-state index < -0.39 is 6.10 Å². The van der Waals surface area contributed by atoms with Gasteiger partial charge in [0, 0.05) is 0 Å². The molecule has 1 unspecified atom stereocenters. The van der Waals surface area contributed by atoms with Crippen molar-refractivity contribution < 1.29 is 9.52 Å². The smallest absolute Gasteiger partial charge is 0.224 e. The summed E-state index contributed by atoms with van der Waals surface area (Å²) in [5.74, 6) is 0.299. The van der Waals surface area contributed by atoms with Gasteiger partial charge in [-0.05, 0) is 19.1 Å². The summed E-state index contributed by atoms with van der Waals surface area (Å²) in [7, 11) is 0. The lowest BCUT2D eigenvalue weighted by atomic mass is 10.3. The second-order valence-electron chi connectivity index (χ2n) is 2.92. The van der Waals surface area contributed by atoms with Gasteiger partial charge in [0.05, 0.1) is 5.69 Å². The van der Waals surface area contributed by atoms with Gasteiger partial charge in [0.2, 0.25) is 5.89 Å². The molecule has 0 amide bonds. The number of benzene rings is 1. The van der Waals surface area contributed by atoms with Crippen molar-refractivity contribution in [3.63, 3.8) is 0 Å². The van der Waals surface area contributed by atoms with Gasteiger partial charge in [-0.15, -0.1) is 0 Å². The third-order valence-electron chi connectivity index (χ3n) is 1.82. The van der Waals surface area contributed by atoms with Crippen LogP contribution in [0.5, 0.6) is 0 Å². The Balaban J connectivity index is 2.68. The summed E-state index contributed by atoms with van der Waals surface area (Å²) in [5.41, 5.74) is 7.45. The minimum absolute atomic E-state index is 0.299. The molecule has 3 N–H and O–H groups in total. The van der Waals surface area contributed by atoms with Crippen LogP contribution in [-0.2, 0) is 0 Å². The molecule has 1 atom stereocenters. The van der Waals surface area contributed by atoms with Crippen LogP contribution in [0.4, 0.5) is 5.69 Å². The maximum absolute atomic E-state index is 9.22. The number of anilines is 1. The Morgan fingerprint density at radius 2 is 2.31 bits per heavy atom. The van der Waals surface area contributed by atoms with E-state index in [1.165, 1.54) is 0 Å². The van der Waals surface area contributed by atoms with Crippen LogP contribution in [0.1, 0.15) is 18.9 Å². The molecule has 13 heavy (non-hydrogen) atoms. The largest absolute Gasteiger partial charge is 0.438 e. The Morgan fingerprint density at radius 1 is 1.54 bits per heavy atom. The second kappa shape index (κ2) is 2.74. The number of aromatic nitrogens is 1. The molecule has 1 aromatic carbocycles. The van der Waals surface area contributed by atoms with E-state index in [-0.39, 0.29) is 0 Å². The van der Waals surface area contributed by atoms with Gasteiger partial charge < -0.3 is 15.3 Å². The first kappa shape index (κ1) is 8.07. The van der Waals surface area contributed by atoms with Crippen molar-refractivity contribution in [1.82, 2.24) is 4.98 Å². The molecule has 1 heterocycles. The first-order chi connectivity index (χ1) is 6.18. The van der Waals surface area contributed by atoms with Gasteiger partial charge in [-0.3, -0.25) is 0 Å². The number of hydrogen-bond acceptors (Lipinski definition) is 4. The number of oxazole rings is 1.